The molecule has 8 heteroatoms. The number of carboxylic acids is 1. The predicted molar refractivity (Wildman–Crippen MR) is 62.4 cm³/mol. The lowest BCUT2D eigenvalue weighted by Crippen LogP contribution is -2.14. The van der Waals surface area contributed by atoms with Crippen molar-refractivity contribution in [2.45, 2.75) is 6.92 Å². The first-order valence-corrected chi connectivity index (χ1v) is 5.20. The Balaban J connectivity index is 2.22. The minimum Gasteiger partial charge on any atom is -0.478 e. The molecule has 19 heavy (non-hydrogen) atoms. The van der Waals surface area contributed by atoms with Crippen molar-refractivity contribution >= 4 is 17.6 Å². The first kappa shape index (κ1) is 12.7. The average Bonchev–Trinajstić information content (AvgIpc) is 2.78. The predicted octanol–water partition coefficient (Wildman–Crippen LogP) is 1.20. The molecule has 0 aliphatic carbocycles. The molecular weight excluding hydrogens is 255 g/mol. The maximum absolute atomic E-state index is 13.2. The molecule has 1 aromatic carbocycles. The highest BCUT2D eigenvalue weighted by molar-refractivity contribution is 6.02. The second-order valence-electron chi connectivity index (χ2n) is 3.70. The van der Waals surface area contributed by atoms with Crippen LogP contribution in [-0.4, -0.2) is 32.2 Å². The van der Waals surface area contributed by atoms with Gasteiger partial charge in [-0.1, -0.05) is 0 Å². The van der Waals surface area contributed by atoms with Crippen molar-refractivity contribution in [3.8, 4) is 0 Å². The van der Waals surface area contributed by atoms with E-state index in [1.165, 1.54) is 6.07 Å². The number of aromatic amines is 1. The summed E-state index contributed by atoms with van der Waals surface area (Å²) in [6, 6.07) is 3.23. The monoisotopic (exact) mass is 264 g/mol. The van der Waals surface area contributed by atoms with Crippen molar-refractivity contribution in [1.82, 2.24) is 15.2 Å². The number of aromatic carboxylic acids is 1. The number of rotatable bonds is 3. The fourth-order valence-electron chi connectivity index (χ4n) is 1.40. The van der Waals surface area contributed by atoms with E-state index in [0.29, 0.717) is 5.82 Å². The zero-order valence-electron chi connectivity index (χ0n) is 9.77. The van der Waals surface area contributed by atoms with E-state index < -0.39 is 23.3 Å². The van der Waals surface area contributed by atoms with Crippen molar-refractivity contribution in [2.75, 3.05) is 5.32 Å². The van der Waals surface area contributed by atoms with Gasteiger partial charge in [-0.05, 0) is 25.1 Å². The minimum absolute atomic E-state index is 0.0845. The van der Waals surface area contributed by atoms with Gasteiger partial charge in [0.2, 0.25) is 5.82 Å². The van der Waals surface area contributed by atoms with Crippen LogP contribution < -0.4 is 5.32 Å². The summed E-state index contributed by atoms with van der Waals surface area (Å²) in [5.74, 6) is -2.52. The van der Waals surface area contributed by atoms with Gasteiger partial charge < -0.3 is 10.4 Å². The first-order valence-electron chi connectivity index (χ1n) is 5.20. The summed E-state index contributed by atoms with van der Waals surface area (Å²) in [6.07, 6.45) is 0. The van der Waals surface area contributed by atoms with Crippen LogP contribution >= 0.6 is 0 Å². The van der Waals surface area contributed by atoms with Gasteiger partial charge >= 0.3 is 5.97 Å². The van der Waals surface area contributed by atoms with Crippen LogP contribution in [0.2, 0.25) is 0 Å². The number of H-pyrrole nitrogens is 1. The van der Waals surface area contributed by atoms with Crippen LogP contribution in [-0.2, 0) is 0 Å². The Hall–Kier alpha value is -2.77. The third-order valence-corrected chi connectivity index (χ3v) is 2.25. The molecule has 0 aliphatic heterocycles. The highest BCUT2D eigenvalue weighted by Crippen LogP contribution is 2.15. The van der Waals surface area contributed by atoms with Crippen LogP contribution in [0.3, 0.4) is 0 Å². The number of amides is 1. The van der Waals surface area contributed by atoms with Crippen LogP contribution in [0.15, 0.2) is 18.2 Å². The molecule has 0 unspecified atom stereocenters. The maximum atomic E-state index is 13.2. The molecule has 0 spiro atoms. The summed E-state index contributed by atoms with van der Waals surface area (Å²) in [6.45, 7) is 1.63. The highest BCUT2D eigenvalue weighted by Gasteiger charge is 2.14. The fourth-order valence-corrected chi connectivity index (χ4v) is 1.40. The van der Waals surface area contributed by atoms with E-state index in [1.54, 1.807) is 6.92 Å². The number of carbonyl (C=O) groups excluding carboxylic acids is 1. The number of aryl methyl sites for hydroxylation is 1. The van der Waals surface area contributed by atoms with E-state index >= 15 is 0 Å². The average molecular weight is 264 g/mol. The zero-order valence-corrected chi connectivity index (χ0v) is 9.77. The number of nitrogens with one attached hydrogen (secondary N) is 2. The first-order chi connectivity index (χ1) is 8.97. The molecule has 2 aromatic rings. The Morgan fingerprint density at radius 2 is 2.16 bits per heavy atom. The highest BCUT2D eigenvalue weighted by atomic mass is 19.1. The smallest absolute Gasteiger partial charge is 0.338 e. The molecule has 1 amide bonds. The lowest BCUT2D eigenvalue weighted by atomic mass is 10.2. The molecule has 0 aliphatic rings. The van der Waals surface area contributed by atoms with Crippen molar-refractivity contribution in [1.29, 1.82) is 0 Å². The molecule has 2 rings (SSSR count). The number of aromatic nitrogens is 3. The summed E-state index contributed by atoms with van der Waals surface area (Å²) in [5.41, 5.74) is -0.379. The molecule has 1 aromatic heterocycles. The maximum Gasteiger partial charge on any atom is 0.338 e. The van der Waals surface area contributed by atoms with Crippen molar-refractivity contribution < 1.29 is 19.1 Å². The number of carboxylic acid groups (broad SMARTS) is 1. The molecule has 0 atom stereocenters. The number of carbonyl (C=O) groups is 2. The van der Waals surface area contributed by atoms with Crippen LogP contribution in [0.5, 0.6) is 0 Å². The Labute approximate surface area is 106 Å². The third-order valence-electron chi connectivity index (χ3n) is 2.25. The van der Waals surface area contributed by atoms with E-state index in [-0.39, 0.29) is 11.5 Å². The third kappa shape index (κ3) is 2.73. The van der Waals surface area contributed by atoms with Crippen LogP contribution in [0.25, 0.3) is 0 Å². The molecular formula is C11H9FN4O3. The molecule has 1 heterocycles. The lowest BCUT2D eigenvalue weighted by Gasteiger charge is -2.04. The van der Waals surface area contributed by atoms with Crippen molar-refractivity contribution in [3.05, 3.63) is 41.2 Å². The van der Waals surface area contributed by atoms with Gasteiger partial charge in [-0.3, -0.25) is 9.89 Å². The van der Waals surface area contributed by atoms with Crippen LogP contribution in [0.1, 0.15) is 26.8 Å². The molecule has 7 nitrogen and oxygen atoms in total. The zero-order chi connectivity index (χ0) is 14.0. The van der Waals surface area contributed by atoms with E-state index in [4.69, 9.17) is 5.11 Å². The Kier molecular flexibility index (Phi) is 3.23. The van der Waals surface area contributed by atoms with Crippen molar-refractivity contribution in [3.63, 3.8) is 0 Å². The Morgan fingerprint density at radius 3 is 2.74 bits per heavy atom. The van der Waals surface area contributed by atoms with Gasteiger partial charge in [-0.2, -0.15) is 0 Å². The van der Waals surface area contributed by atoms with Gasteiger partial charge in [0.1, 0.15) is 11.6 Å². The largest absolute Gasteiger partial charge is 0.478 e. The molecule has 0 radical (unpaired) electrons. The Bertz CT molecular complexity index is 653. The summed E-state index contributed by atoms with van der Waals surface area (Å²) in [4.78, 5) is 26.3. The number of halogens is 1. The Morgan fingerprint density at radius 1 is 1.42 bits per heavy atom. The summed E-state index contributed by atoms with van der Waals surface area (Å²) >= 11 is 0. The number of benzene rings is 1. The van der Waals surface area contributed by atoms with Crippen molar-refractivity contribution in [2.24, 2.45) is 0 Å². The topological polar surface area (TPSA) is 108 Å². The lowest BCUT2D eigenvalue weighted by molar-refractivity contribution is 0.0691. The molecule has 98 valence electrons. The molecule has 0 fully saturated rings. The second kappa shape index (κ2) is 4.84. The fraction of sp³-hybridized carbons (Fsp3) is 0.0909. The molecule has 0 bridgehead atoms. The van der Waals surface area contributed by atoms with Crippen LogP contribution in [0.4, 0.5) is 10.1 Å². The van der Waals surface area contributed by atoms with Crippen LogP contribution in [0, 0.1) is 12.7 Å². The van der Waals surface area contributed by atoms with E-state index in [0.717, 1.165) is 12.1 Å². The quantitative estimate of drug-likeness (QED) is 0.772. The molecule has 3 N–H and O–H groups in total. The van der Waals surface area contributed by atoms with Gasteiger partial charge in [0.25, 0.3) is 5.91 Å². The second-order valence-corrected chi connectivity index (χ2v) is 3.70. The van der Waals surface area contributed by atoms with Gasteiger partial charge in [-0.15, -0.1) is 5.10 Å². The summed E-state index contributed by atoms with van der Waals surface area (Å²) in [7, 11) is 0. The standard InChI is InChI=1S/C11H9FN4O3/c1-5-13-9(16-15-5)10(17)14-6-2-3-8(12)7(4-6)11(18)19/h2-4H,1H3,(H,14,17)(H,18,19)(H,13,15,16). The van der Waals surface area contributed by atoms with E-state index in [1.807, 2.05) is 0 Å². The SMILES string of the molecule is Cc1nc(C(=O)Nc2ccc(F)c(C(=O)O)c2)n[nH]1. The van der Waals surface area contributed by atoms with Gasteiger partial charge in [0, 0.05) is 5.69 Å². The summed E-state index contributed by atoms with van der Waals surface area (Å²) < 4.78 is 13.2. The number of hydrogen-bond donors (Lipinski definition) is 3. The van der Waals surface area contributed by atoms with Gasteiger partial charge in [0.05, 0.1) is 5.56 Å². The van der Waals surface area contributed by atoms with E-state index in [2.05, 4.69) is 20.5 Å². The number of hydrogen-bond acceptors (Lipinski definition) is 4. The van der Waals surface area contributed by atoms with E-state index in [9.17, 15) is 14.0 Å². The molecule has 0 saturated carbocycles. The normalized spacial score (nSPS) is 10.2. The van der Waals surface area contributed by atoms with Gasteiger partial charge in [-0.25, -0.2) is 14.2 Å². The number of anilines is 1. The number of nitrogens with zero attached hydrogens (tertiary/aromatic N) is 2. The minimum atomic E-state index is -1.41. The van der Waals surface area contributed by atoms with Gasteiger partial charge in [0.15, 0.2) is 0 Å². The summed E-state index contributed by atoms with van der Waals surface area (Å²) in [5, 5.41) is 17.3. The molecule has 0 saturated heterocycles.